The molecule has 3 aliphatic rings. The summed E-state index contributed by atoms with van der Waals surface area (Å²) in [5.74, 6) is -1.38. The number of fused-ring (bicyclic) bond motifs is 3. The van der Waals surface area contributed by atoms with Gasteiger partial charge in [0.2, 0.25) is 5.70 Å². The number of rotatable bonds is 5. The average molecular weight is 536 g/mol. The standard InChI is InChI=1S/C29H32FN4O5/c1-31(2)24-20-15-21(27(36)33-12-10-18(11-13-33)14-17-6-8-19(30)9-7-17)23(39-5)16-22(20)34(29(38)32(3)4)25(24)26(35)28(34)37/h6-9,15-16,18H,10-14H2,1-5H3/q+1. The molecule has 0 spiro atoms. The van der Waals surface area contributed by atoms with Crippen molar-refractivity contribution in [2.45, 2.75) is 19.3 Å². The molecule has 0 aliphatic carbocycles. The summed E-state index contributed by atoms with van der Waals surface area (Å²) in [6, 6.07) is 9.16. The minimum Gasteiger partial charge on any atom is -0.496 e. The van der Waals surface area contributed by atoms with E-state index in [-0.39, 0.29) is 23.2 Å². The van der Waals surface area contributed by atoms with Gasteiger partial charge < -0.3 is 14.5 Å². The molecular weight excluding hydrogens is 503 g/mol. The number of urea groups is 1. The highest BCUT2D eigenvalue weighted by molar-refractivity contribution is 6.61. The van der Waals surface area contributed by atoms with E-state index in [1.54, 1.807) is 48.2 Å². The van der Waals surface area contributed by atoms with Crippen molar-refractivity contribution in [1.29, 1.82) is 0 Å². The molecule has 0 saturated carbocycles. The molecule has 2 aromatic carbocycles. The van der Waals surface area contributed by atoms with Crippen molar-refractivity contribution in [2.24, 2.45) is 5.92 Å². The van der Waals surface area contributed by atoms with E-state index in [1.165, 1.54) is 38.2 Å². The van der Waals surface area contributed by atoms with Gasteiger partial charge in [0.1, 0.15) is 17.3 Å². The van der Waals surface area contributed by atoms with Crippen LogP contribution >= 0.6 is 0 Å². The summed E-state index contributed by atoms with van der Waals surface area (Å²) in [6.07, 6.45) is 2.44. The number of imide groups is 1. The SMILES string of the molecule is COc1cc2c(cc1C(=O)N1CCC(Cc3ccc(F)cc3)CC1)C(N(C)C)=C1C(=O)C(=O)[N+]12C(=O)N(C)C. The number of likely N-dealkylation sites (tertiary alicyclic amines) is 1. The number of benzene rings is 2. The Morgan fingerprint density at radius 3 is 2.26 bits per heavy atom. The summed E-state index contributed by atoms with van der Waals surface area (Å²) in [4.78, 5) is 57.8. The lowest BCUT2D eigenvalue weighted by Crippen LogP contribution is -2.72. The summed E-state index contributed by atoms with van der Waals surface area (Å²) in [5, 5.41) is 0. The van der Waals surface area contributed by atoms with Gasteiger partial charge in [-0.2, -0.15) is 0 Å². The summed E-state index contributed by atoms with van der Waals surface area (Å²) in [7, 11) is 7.97. The van der Waals surface area contributed by atoms with Crippen LogP contribution in [0.2, 0.25) is 0 Å². The van der Waals surface area contributed by atoms with Gasteiger partial charge in [-0.1, -0.05) is 16.6 Å². The first kappa shape index (κ1) is 26.6. The van der Waals surface area contributed by atoms with Gasteiger partial charge in [-0.25, -0.2) is 14.0 Å². The van der Waals surface area contributed by atoms with Crippen molar-refractivity contribution in [3.63, 3.8) is 0 Å². The van der Waals surface area contributed by atoms with Crippen molar-refractivity contribution in [2.75, 3.05) is 48.4 Å². The number of halogens is 1. The molecule has 0 N–H and O–H groups in total. The quantitative estimate of drug-likeness (QED) is 0.332. The van der Waals surface area contributed by atoms with Crippen LogP contribution in [0.3, 0.4) is 0 Å². The van der Waals surface area contributed by atoms with E-state index < -0.39 is 22.2 Å². The Hall–Kier alpha value is -4.05. The van der Waals surface area contributed by atoms with Crippen LogP contribution in [0.4, 0.5) is 14.9 Å². The van der Waals surface area contributed by atoms with Crippen molar-refractivity contribution in [3.8, 4) is 5.75 Å². The number of β-lactam (4-membered cyclic amide) rings is 1. The van der Waals surface area contributed by atoms with E-state index in [9.17, 15) is 23.6 Å². The Morgan fingerprint density at radius 2 is 1.69 bits per heavy atom. The number of methoxy groups -OCH3 is 1. The summed E-state index contributed by atoms with van der Waals surface area (Å²) >= 11 is 0. The van der Waals surface area contributed by atoms with Gasteiger partial charge in [0.15, 0.2) is 5.69 Å². The molecule has 2 aromatic rings. The number of ether oxygens (including phenoxy) is 1. The van der Waals surface area contributed by atoms with Crippen LogP contribution in [0.5, 0.6) is 5.75 Å². The topological polar surface area (TPSA) is 87.2 Å². The molecule has 0 radical (unpaired) electrons. The zero-order valence-electron chi connectivity index (χ0n) is 22.8. The molecule has 204 valence electrons. The number of carbonyl (C=O) groups is 4. The summed E-state index contributed by atoms with van der Waals surface area (Å²) in [6.45, 7) is 1.12. The van der Waals surface area contributed by atoms with Gasteiger partial charge in [0.05, 0.1) is 18.2 Å². The first-order valence-corrected chi connectivity index (χ1v) is 12.9. The summed E-state index contributed by atoms with van der Waals surface area (Å²) < 4.78 is 18.0. The van der Waals surface area contributed by atoms with E-state index in [0.29, 0.717) is 41.5 Å². The van der Waals surface area contributed by atoms with E-state index >= 15 is 0 Å². The van der Waals surface area contributed by atoms with E-state index in [1.807, 2.05) is 0 Å². The largest absolute Gasteiger partial charge is 0.496 e. The molecule has 3 aliphatic heterocycles. The number of nitrogens with zero attached hydrogens (tertiary/aromatic N) is 4. The van der Waals surface area contributed by atoms with E-state index in [0.717, 1.165) is 24.8 Å². The van der Waals surface area contributed by atoms with Crippen LogP contribution in [0.1, 0.15) is 34.3 Å². The zero-order chi connectivity index (χ0) is 28.2. The second kappa shape index (κ2) is 9.60. The predicted octanol–water partition coefficient (Wildman–Crippen LogP) is 3.27. The van der Waals surface area contributed by atoms with E-state index in [2.05, 4.69) is 0 Å². The molecule has 4 amide bonds. The maximum atomic E-state index is 13.7. The normalized spacial score (nSPS) is 20.4. The van der Waals surface area contributed by atoms with Gasteiger partial charge >= 0.3 is 17.7 Å². The molecule has 3 heterocycles. The fourth-order valence-corrected chi connectivity index (χ4v) is 5.95. The van der Waals surface area contributed by atoms with Crippen LogP contribution in [0.25, 0.3) is 5.70 Å². The maximum Gasteiger partial charge on any atom is 0.437 e. The molecule has 1 unspecified atom stereocenters. The third-order valence-corrected chi connectivity index (χ3v) is 7.89. The van der Waals surface area contributed by atoms with Crippen molar-refractivity contribution < 1.29 is 28.3 Å². The number of Topliss-reactive ketones (excluding diaryl/α,β-unsaturated/α-hetero) is 1. The molecule has 0 bridgehead atoms. The monoisotopic (exact) mass is 535 g/mol. The van der Waals surface area contributed by atoms with Gasteiger partial charge in [-0.15, -0.1) is 0 Å². The van der Waals surface area contributed by atoms with Crippen LogP contribution in [-0.4, -0.2) is 86.7 Å². The first-order valence-electron chi connectivity index (χ1n) is 12.9. The van der Waals surface area contributed by atoms with Crippen molar-refractivity contribution >= 4 is 35.0 Å². The lowest BCUT2D eigenvalue weighted by Gasteiger charge is -2.37. The molecule has 2 fully saturated rings. The van der Waals surface area contributed by atoms with Gasteiger partial charge in [0.25, 0.3) is 5.91 Å². The second-order valence-electron chi connectivity index (χ2n) is 10.7. The lowest BCUT2D eigenvalue weighted by atomic mass is 9.90. The highest BCUT2D eigenvalue weighted by Crippen LogP contribution is 2.54. The minimum absolute atomic E-state index is 0.0898. The molecule has 1 atom stereocenters. The lowest BCUT2D eigenvalue weighted by molar-refractivity contribution is -0.146. The summed E-state index contributed by atoms with van der Waals surface area (Å²) in [5.41, 5.74) is 2.71. The Bertz CT molecular complexity index is 1420. The zero-order valence-corrected chi connectivity index (χ0v) is 22.8. The van der Waals surface area contributed by atoms with Crippen molar-refractivity contribution in [1.82, 2.24) is 19.2 Å². The fourth-order valence-electron chi connectivity index (χ4n) is 5.95. The highest BCUT2D eigenvalue weighted by atomic mass is 19.1. The Kier molecular flexibility index (Phi) is 6.54. The molecule has 2 saturated heterocycles. The molecule has 5 rings (SSSR count). The maximum absolute atomic E-state index is 13.7. The van der Waals surface area contributed by atoms with E-state index in [4.69, 9.17) is 4.74 Å². The third-order valence-electron chi connectivity index (χ3n) is 7.89. The van der Waals surface area contributed by atoms with Crippen LogP contribution < -0.4 is 9.22 Å². The number of ketones is 1. The van der Waals surface area contributed by atoms with Gasteiger partial charge in [-0.05, 0) is 48.9 Å². The molecule has 0 aromatic heterocycles. The number of amides is 4. The number of piperidine rings is 1. The average Bonchev–Trinajstić information content (AvgIpc) is 3.20. The Balaban J connectivity index is 1.46. The predicted molar refractivity (Wildman–Crippen MR) is 143 cm³/mol. The first-order chi connectivity index (χ1) is 18.5. The Labute approximate surface area is 226 Å². The highest BCUT2D eigenvalue weighted by Gasteiger charge is 2.73. The smallest absolute Gasteiger partial charge is 0.437 e. The minimum atomic E-state index is -0.839. The number of hydrogen-bond donors (Lipinski definition) is 0. The third kappa shape index (κ3) is 3.93. The molecule has 10 heteroatoms. The van der Waals surface area contributed by atoms with Crippen LogP contribution in [0.15, 0.2) is 42.1 Å². The number of carbonyl (C=O) groups excluding carboxylic acids is 4. The van der Waals surface area contributed by atoms with Gasteiger partial charge in [0, 0.05) is 47.3 Å². The van der Waals surface area contributed by atoms with Gasteiger partial charge in [-0.3, -0.25) is 14.5 Å². The molecule has 39 heavy (non-hydrogen) atoms. The number of hydrogen-bond acceptors (Lipinski definition) is 6. The number of quaternary nitrogens is 1. The van der Waals surface area contributed by atoms with Crippen LogP contribution in [-0.2, 0) is 16.0 Å². The van der Waals surface area contributed by atoms with Crippen molar-refractivity contribution in [3.05, 3.63) is 64.6 Å². The Morgan fingerprint density at radius 1 is 1.05 bits per heavy atom. The van der Waals surface area contributed by atoms with Crippen LogP contribution in [0, 0.1) is 11.7 Å². The molecule has 9 nitrogen and oxygen atoms in total. The molecular formula is C29H32FN4O5+. The second-order valence-corrected chi connectivity index (χ2v) is 10.7. The fraction of sp³-hybridized carbons (Fsp3) is 0.379.